The van der Waals surface area contributed by atoms with Gasteiger partial charge in [-0.25, -0.2) is 0 Å². The predicted molar refractivity (Wildman–Crippen MR) is 105 cm³/mol. The highest BCUT2D eigenvalue weighted by Crippen LogP contribution is 2.35. The van der Waals surface area contributed by atoms with E-state index in [1.54, 1.807) is 0 Å². The molecule has 1 aromatic carbocycles. The van der Waals surface area contributed by atoms with Gasteiger partial charge in [0, 0.05) is 37.9 Å². The molecule has 0 unspecified atom stereocenters. The molecule has 2 heterocycles. The van der Waals surface area contributed by atoms with Crippen LogP contribution in [0.15, 0.2) is 42.7 Å². The van der Waals surface area contributed by atoms with Crippen molar-refractivity contribution in [1.29, 1.82) is 0 Å². The van der Waals surface area contributed by atoms with Crippen LogP contribution in [0.3, 0.4) is 0 Å². The molecule has 1 N–H and O–H groups in total. The molecule has 0 bridgehead atoms. The van der Waals surface area contributed by atoms with Gasteiger partial charge >= 0.3 is 0 Å². The number of nitrogens with zero attached hydrogens (tertiary/aromatic N) is 4. The summed E-state index contributed by atoms with van der Waals surface area (Å²) in [5, 5.41) is 14.8. The smallest absolute Gasteiger partial charge is 0.0707 e. The minimum atomic E-state index is -0.333. The average molecular weight is 357 g/mol. The Morgan fingerprint density at radius 1 is 1.27 bits per heavy atom. The summed E-state index contributed by atoms with van der Waals surface area (Å²) >= 11 is 0. The van der Waals surface area contributed by atoms with E-state index in [1.807, 2.05) is 36.1 Å². The monoisotopic (exact) mass is 356 g/mol. The highest BCUT2D eigenvalue weighted by atomic mass is 16.3. The molecule has 1 aliphatic heterocycles. The van der Waals surface area contributed by atoms with Crippen LogP contribution in [0.1, 0.15) is 30.0 Å². The van der Waals surface area contributed by atoms with Gasteiger partial charge in [-0.2, -0.15) is 5.10 Å². The maximum atomic E-state index is 10.5. The first-order chi connectivity index (χ1) is 12.5. The van der Waals surface area contributed by atoms with Gasteiger partial charge in [0.25, 0.3) is 0 Å². The van der Waals surface area contributed by atoms with E-state index in [4.69, 9.17) is 0 Å². The Bertz CT molecular complexity index is 672. The molecule has 3 rings (SSSR count). The van der Waals surface area contributed by atoms with Crippen molar-refractivity contribution in [2.24, 2.45) is 13.0 Å². The Kier molecular flexibility index (Phi) is 6.46. The minimum Gasteiger partial charge on any atom is -0.391 e. The van der Waals surface area contributed by atoms with Crippen LogP contribution in [0.5, 0.6) is 0 Å². The fraction of sp³-hybridized carbons (Fsp3) is 0.571. The van der Waals surface area contributed by atoms with E-state index in [0.717, 1.165) is 13.1 Å². The molecule has 142 valence electrons. The zero-order valence-electron chi connectivity index (χ0n) is 16.3. The van der Waals surface area contributed by atoms with Crippen molar-refractivity contribution in [1.82, 2.24) is 19.6 Å². The molecule has 26 heavy (non-hydrogen) atoms. The van der Waals surface area contributed by atoms with Gasteiger partial charge in [-0.15, -0.1) is 0 Å². The number of rotatable bonds is 7. The number of aliphatic hydroxyl groups excluding tert-OH is 1. The Morgan fingerprint density at radius 3 is 2.73 bits per heavy atom. The molecular weight excluding hydrogens is 324 g/mol. The quantitative estimate of drug-likeness (QED) is 0.827. The minimum absolute atomic E-state index is 0.333. The van der Waals surface area contributed by atoms with Crippen LogP contribution in [0.25, 0.3) is 0 Å². The van der Waals surface area contributed by atoms with E-state index in [0.29, 0.717) is 24.9 Å². The molecule has 1 fully saturated rings. The molecule has 1 aliphatic rings. The standard InChI is InChI=1S/C21H32N4O/c1-23(16-20(26)12-17-8-5-4-6-9-17)14-18-10-7-11-24(2)21(18)19-13-22-25(3)15-19/h4-6,8-9,13,15,18,20-21,26H,7,10-12,14,16H2,1-3H3/t18-,20+,21+/m0/s1. The van der Waals surface area contributed by atoms with E-state index in [1.165, 1.54) is 24.0 Å². The van der Waals surface area contributed by atoms with Crippen molar-refractivity contribution >= 4 is 0 Å². The second kappa shape index (κ2) is 8.80. The van der Waals surface area contributed by atoms with Crippen LogP contribution in [0.4, 0.5) is 0 Å². The molecule has 2 aromatic rings. The summed E-state index contributed by atoms with van der Waals surface area (Å²) in [5.41, 5.74) is 2.50. The van der Waals surface area contributed by atoms with Crippen LogP contribution in [-0.2, 0) is 13.5 Å². The maximum Gasteiger partial charge on any atom is 0.0707 e. The van der Waals surface area contributed by atoms with E-state index >= 15 is 0 Å². The molecule has 0 saturated carbocycles. The Balaban J connectivity index is 1.58. The average Bonchev–Trinajstić information content (AvgIpc) is 3.01. The molecule has 5 nitrogen and oxygen atoms in total. The molecule has 0 radical (unpaired) electrons. The molecule has 1 saturated heterocycles. The van der Waals surface area contributed by atoms with E-state index < -0.39 is 0 Å². The second-order valence-electron chi connectivity index (χ2n) is 7.84. The third kappa shape index (κ3) is 4.93. The fourth-order valence-corrected chi connectivity index (χ4v) is 4.36. The number of likely N-dealkylation sites (N-methyl/N-ethyl adjacent to an activating group) is 1. The Labute approximate surface area is 157 Å². The van der Waals surface area contributed by atoms with E-state index in [9.17, 15) is 5.11 Å². The number of aliphatic hydroxyl groups is 1. The first kappa shape index (κ1) is 19.1. The molecule has 1 aromatic heterocycles. The topological polar surface area (TPSA) is 44.5 Å². The Hall–Kier alpha value is -1.69. The fourth-order valence-electron chi connectivity index (χ4n) is 4.36. The largest absolute Gasteiger partial charge is 0.391 e. The number of hydrogen-bond donors (Lipinski definition) is 1. The van der Waals surface area contributed by atoms with Crippen LogP contribution >= 0.6 is 0 Å². The van der Waals surface area contributed by atoms with Crippen molar-refractivity contribution < 1.29 is 5.11 Å². The lowest BCUT2D eigenvalue weighted by Gasteiger charge is -2.40. The van der Waals surface area contributed by atoms with Gasteiger partial charge in [-0.05, 0) is 51.4 Å². The number of hydrogen-bond acceptors (Lipinski definition) is 4. The van der Waals surface area contributed by atoms with Gasteiger partial charge in [0.1, 0.15) is 0 Å². The lowest BCUT2D eigenvalue weighted by atomic mass is 9.85. The Morgan fingerprint density at radius 2 is 2.04 bits per heavy atom. The normalized spacial score (nSPS) is 22.7. The first-order valence-corrected chi connectivity index (χ1v) is 9.62. The molecule has 0 spiro atoms. The SMILES string of the molecule is CN(C[C@H](O)Cc1ccccc1)C[C@@H]1CCCN(C)[C@H]1c1cnn(C)c1. The number of piperidine rings is 1. The predicted octanol–water partition coefficient (Wildman–Crippen LogP) is 2.34. The molecular formula is C21H32N4O. The zero-order valence-corrected chi connectivity index (χ0v) is 16.3. The van der Waals surface area contributed by atoms with Crippen LogP contribution in [-0.4, -0.2) is 64.5 Å². The van der Waals surface area contributed by atoms with E-state index in [2.05, 4.69) is 47.3 Å². The number of likely N-dealkylation sites (tertiary alicyclic amines) is 1. The van der Waals surface area contributed by atoms with Gasteiger partial charge < -0.3 is 10.0 Å². The van der Waals surface area contributed by atoms with Gasteiger partial charge in [0.2, 0.25) is 0 Å². The summed E-state index contributed by atoms with van der Waals surface area (Å²) in [6.45, 7) is 2.83. The second-order valence-corrected chi connectivity index (χ2v) is 7.84. The summed E-state index contributed by atoms with van der Waals surface area (Å²) in [4.78, 5) is 4.75. The highest BCUT2D eigenvalue weighted by molar-refractivity contribution is 5.16. The summed E-state index contributed by atoms with van der Waals surface area (Å²) in [5.74, 6) is 0.562. The first-order valence-electron chi connectivity index (χ1n) is 9.62. The molecule has 0 amide bonds. The third-order valence-corrected chi connectivity index (χ3v) is 5.46. The van der Waals surface area contributed by atoms with Gasteiger partial charge in [0.15, 0.2) is 0 Å². The van der Waals surface area contributed by atoms with Crippen molar-refractivity contribution in [2.75, 3.05) is 33.7 Å². The molecule has 0 aliphatic carbocycles. The van der Waals surface area contributed by atoms with Crippen molar-refractivity contribution in [3.8, 4) is 0 Å². The van der Waals surface area contributed by atoms with Crippen molar-refractivity contribution in [3.05, 3.63) is 53.9 Å². The number of aromatic nitrogens is 2. The van der Waals surface area contributed by atoms with Crippen molar-refractivity contribution in [3.63, 3.8) is 0 Å². The summed E-state index contributed by atoms with van der Waals surface area (Å²) in [6.07, 6.45) is 6.98. The van der Waals surface area contributed by atoms with Crippen LogP contribution < -0.4 is 0 Å². The zero-order chi connectivity index (χ0) is 18.5. The maximum absolute atomic E-state index is 10.5. The number of aryl methyl sites for hydroxylation is 1. The third-order valence-electron chi connectivity index (χ3n) is 5.46. The number of benzene rings is 1. The van der Waals surface area contributed by atoms with Crippen LogP contribution in [0, 0.1) is 5.92 Å². The van der Waals surface area contributed by atoms with Gasteiger partial charge in [-0.3, -0.25) is 9.58 Å². The van der Waals surface area contributed by atoms with E-state index in [-0.39, 0.29) is 6.10 Å². The van der Waals surface area contributed by atoms with Crippen molar-refractivity contribution in [2.45, 2.75) is 31.4 Å². The summed E-state index contributed by atoms with van der Waals surface area (Å²) < 4.78 is 1.89. The highest BCUT2D eigenvalue weighted by Gasteiger charge is 2.32. The lowest BCUT2D eigenvalue weighted by Crippen LogP contribution is -2.42. The summed E-state index contributed by atoms with van der Waals surface area (Å²) in [7, 11) is 6.32. The summed E-state index contributed by atoms with van der Waals surface area (Å²) in [6, 6.07) is 10.6. The van der Waals surface area contributed by atoms with Gasteiger partial charge in [-0.1, -0.05) is 30.3 Å². The van der Waals surface area contributed by atoms with Crippen LogP contribution in [0.2, 0.25) is 0 Å². The molecule has 5 heteroatoms. The molecule has 3 atom stereocenters. The van der Waals surface area contributed by atoms with Gasteiger partial charge in [0.05, 0.1) is 12.3 Å². The lowest BCUT2D eigenvalue weighted by molar-refractivity contribution is 0.0713.